The maximum Gasteiger partial charge on any atom is 0.329 e. The SMILES string of the molecule is COC(=O)CN1C(=O)N/C(=C/c2ccc([N+](=O)[O-])cc2)C1=O. The van der Waals surface area contributed by atoms with Gasteiger partial charge in [-0.2, -0.15) is 0 Å². The standard InChI is InChI=1S/C13H11N3O6/c1-22-11(17)7-15-12(18)10(14-13(15)19)6-8-2-4-9(5-3-8)16(20)21/h2-6H,7H2,1H3,(H,14,19)/b10-6+. The van der Waals surface area contributed by atoms with Gasteiger partial charge >= 0.3 is 12.0 Å². The molecular formula is C13H11N3O6. The molecule has 0 bridgehead atoms. The molecule has 3 amide bonds. The Morgan fingerprint density at radius 2 is 2.00 bits per heavy atom. The summed E-state index contributed by atoms with van der Waals surface area (Å²) in [7, 11) is 1.15. The van der Waals surface area contributed by atoms with Gasteiger partial charge in [-0.25, -0.2) is 9.69 Å². The van der Waals surface area contributed by atoms with Crippen molar-refractivity contribution >= 4 is 29.7 Å². The monoisotopic (exact) mass is 305 g/mol. The first-order valence-corrected chi connectivity index (χ1v) is 6.08. The smallest absolute Gasteiger partial charge is 0.329 e. The van der Waals surface area contributed by atoms with Crippen molar-refractivity contribution in [1.82, 2.24) is 10.2 Å². The third-order valence-corrected chi connectivity index (χ3v) is 2.89. The summed E-state index contributed by atoms with van der Waals surface area (Å²) in [6.45, 7) is -0.487. The number of hydrogen-bond acceptors (Lipinski definition) is 6. The number of imide groups is 1. The molecule has 0 spiro atoms. The molecule has 0 aromatic heterocycles. The molecule has 22 heavy (non-hydrogen) atoms. The Hall–Kier alpha value is -3.23. The molecule has 0 saturated carbocycles. The first-order valence-electron chi connectivity index (χ1n) is 6.08. The number of carbonyl (C=O) groups excluding carboxylic acids is 3. The molecule has 0 aliphatic carbocycles. The number of nitrogens with zero attached hydrogens (tertiary/aromatic N) is 2. The van der Waals surface area contributed by atoms with E-state index in [-0.39, 0.29) is 11.4 Å². The molecule has 114 valence electrons. The minimum absolute atomic E-state index is 0.0252. The van der Waals surface area contributed by atoms with Crippen molar-refractivity contribution in [2.45, 2.75) is 0 Å². The number of hydrogen-bond donors (Lipinski definition) is 1. The van der Waals surface area contributed by atoms with Crippen molar-refractivity contribution in [3.05, 3.63) is 45.6 Å². The van der Waals surface area contributed by atoms with Gasteiger partial charge in [-0.05, 0) is 23.8 Å². The molecule has 2 rings (SSSR count). The number of non-ortho nitro benzene ring substituents is 1. The van der Waals surface area contributed by atoms with E-state index < -0.39 is 29.4 Å². The van der Waals surface area contributed by atoms with E-state index in [2.05, 4.69) is 10.1 Å². The van der Waals surface area contributed by atoms with Crippen LogP contribution in [0.2, 0.25) is 0 Å². The Morgan fingerprint density at radius 1 is 1.36 bits per heavy atom. The van der Waals surface area contributed by atoms with Crippen molar-refractivity contribution in [2.75, 3.05) is 13.7 Å². The van der Waals surface area contributed by atoms with Crippen molar-refractivity contribution in [3.8, 4) is 0 Å². The molecule has 1 aliphatic rings. The van der Waals surface area contributed by atoms with Gasteiger partial charge in [0.05, 0.1) is 12.0 Å². The Kier molecular flexibility index (Phi) is 4.16. The highest BCUT2D eigenvalue weighted by molar-refractivity contribution is 6.15. The molecule has 1 aromatic rings. The number of rotatable bonds is 4. The minimum Gasteiger partial charge on any atom is -0.468 e. The number of carbonyl (C=O) groups is 3. The average Bonchev–Trinajstić information content (AvgIpc) is 2.75. The molecular weight excluding hydrogens is 294 g/mol. The van der Waals surface area contributed by atoms with Gasteiger partial charge in [0.1, 0.15) is 12.2 Å². The van der Waals surface area contributed by atoms with Gasteiger partial charge < -0.3 is 10.1 Å². The second-order valence-electron chi connectivity index (χ2n) is 4.30. The summed E-state index contributed by atoms with van der Waals surface area (Å²) in [5.41, 5.74) is 0.383. The molecule has 0 radical (unpaired) electrons. The van der Waals surface area contributed by atoms with E-state index >= 15 is 0 Å². The van der Waals surface area contributed by atoms with Crippen LogP contribution in [0.1, 0.15) is 5.56 Å². The van der Waals surface area contributed by atoms with Crippen LogP contribution in [0.5, 0.6) is 0 Å². The molecule has 9 nitrogen and oxygen atoms in total. The first-order chi connectivity index (χ1) is 10.4. The fourth-order valence-corrected chi connectivity index (χ4v) is 1.77. The lowest BCUT2D eigenvalue weighted by Crippen LogP contribution is -2.36. The predicted molar refractivity (Wildman–Crippen MR) is 73.3 cm³/mol. The number of nitrogens with one attached hydrogen (secondary N) is 1. The number of benzene rings is 1. The predicted octanol–water partition coefficient (Wildman–Crippen LogP) is 0.660. The first kappa shape index (κ1) is 15.2. The zero-order valence-electron chi connectivity index (χ0n) is 11.4. The number of esters is 1. The fourth-order valence-electron chi connectivity index (χ4n) is 1.77. The number of urea groups is 1. The van der Waals surface area contributed by atoms with Crippen LogP contribution < -0.4 is 5.32 Å². The molecule has 9 heteroatoms. The minimum atomic E-state index is -0.733. The Labute approximate surface area is 124 Å². The fraction of sp³-hybridized carbons (Fsp3) is 0.154. The van der Waals surface area contributed by atoms with Gasteiger partial charge in [0.2, 0.25) is 0 Å². The third-order valence-electron chi connectivity index (χ3n) is 2.89. The number of nitro groups is 1. The van der Waals surface area contributed by atoms with Gasteiger partial charge in [0.25, 0.3) is 11.6 Å². The quantitative estimate of drug-likeness (QED) is 0.287. The number of amides is 3. The lowest BCUT2D eigenvalue weighted by molar-refractivity contribution is -0.384. The van der Waals surface area contributed by atoms with Crippen LogP contribution in [0.3, 0.4) is 0 Å². The van der Waals surface area contributed by atoms with E-state index in [1.807, 2.05) is 0 Å². The summed E-state index contributed by atoms with van der Waals surface area (Å²) in [6.07, 6.45) is 1.36. The number of nitro benzene ring substituents is 1. The Morgan fingerprint density at radius 3 is 2.55 bits per heavy atom. The Bertz CT molecular complexity index is 680. The summed E-state index contributed by atoms with van der Waals surface area (Å²) in [6, 6.07) is 4.70. The molecule has 0 atom stereocenters. The topological polar surface area (TPSA) is 119 Å². The highest BCUT2D eigenvalue weighted by Crippen LogP contribution is 2.17. The second-order valence-corrected chi connectivity index (χ2v) is 4.30. The molecule has 1 N–H and O–H groups in total. The van der Waals surface area contributed by atoms with Gasteiger partial charge in [-0.3, -0.25) is 19.7 Å². The van der Waals surface area contributed by atoms with E-state index in [0.717, 1.165) is 7.11 Å². The molecule has 1 saturated heterocycles. The second kappa shape index (κ2) is 6.04. The van der Waals surface area contributed by atoms with Crippen molar-refractivity contribution < 1.29 is 24.0 Å². The normalized spacial score (nSPS) is 15.9. The summed E-state index contributed by atoms with van der Waals surface area (Å²) in [4.78, 5) is 45.5. The van der Waals surface area contributed by atoms with E-state index in [1.165, 1.54) is 30.3 Å². The van der Waals surface area contributed by atoms with Crippen LogP contribution >= 0.6 is 0 Å². The molecule has 1 aromatic carbocycles. The van der Waals surface area contributed by atoms with Crippen molar-refractivity contribution in [3.63, 3.8) is 0 Å². The van der Waals surface area contributed by atoms with Crippen LogP contribution in [-0.2, 0) is 14.3 Å². The van der Waals surface area contributed by atoms with Gasteiger partial charge in [-0.15, -0.1) is 0 Å². The number of methoxy groups -OCH3 is 1. The molecule has 1 heterocycles. The van der Waals surface area contributed by atoms with E-state index in [9.17, 15) is 24.5 Å². The van der Waals surface area contributed by atoms with Gasteiger partial charge in [0, 0.05) is 12.1 Å². The van der Waals surface area contributed by atoms with Crippen molar-refractivity contribution in [2.24, 2.45) is 0 Å². The maximum atomic E-state index is 12.0. The highest BCUT2D eigenvalue weighted by Gasteiger charge is 2.35. The lowest BCUT2D eigenvalue weighted by Gasteiger charge is -2.08. The zero-order valence-corrected chi connectivity index (χ0v) is 11.4. The van der Waals surface area contributed by atoms with Crippen LogP contribution in [0.15, 0.2) is 30.0 Å². The van der Waals surface area contributed by atoms with E-state index in [0.29, 0.717) is 10.5 Å². The highest BCUT2D eigenvalue weighted by atomic mass is 16.6. The van der Waals surface area contributed by atoms with Crippen LogP contribution in [0.4, 0.5) is 10.5 Å². The van der Waals surface area contributed by atoms with Crippen LogP contribution in [0, 0.1) is 10.1 Å². The van der Waals surface area contributed by atoms with Gasteiger partial charge in [-0.1, -0.05) is 0 Å². The number of ether oxygens (including phenoxy) is 1. The lowest BCUT2D eigenvalue weighted by atomic mass is 10.1. The largest absolute Gasteiger partial charge is 0.468 e. The van der Waals surface area contributed by atoms with E-state index in [4.69, 9.17) is 0 Å². The zero-order chi connectivity index (χ0) is 16.3. The summed E-state index contributed by atoms with van der Waals surface area (Å²) >= 11 is 0. The van der Waals surface area contributed by atoms with Crippen molar-refractivity contribution in [1.29, 1.82) is 0 Å². The third kappa shape index (κ3) is 3.08. The molecule has 1 fully saturated rings. The average molecular weight is 305 g/mol. The summed E-state index contributed by atoms with van der Waals surface area (Å²) in [5, 5.41) is 12.9. The van der Waals surface area contributed by atoms with Gasteiger partial charge in [0.15, 0.2) is 0 Å². The van der Waals surface area contributed by atoms with Crippen LogP contribution in [-0.4, -0.2) is 41.4 Å². The molecule has 0 unspecified atom stereocenters. The Balaban J connectivity index is 2.19. The summed E-state index contributed by atoms with van der Waals surface area (Å²) < 4.78 is 4.40. The molecule has 1 aliphatic heterocycles. The van der Waals surface area contributed by atoms with Crippen LogP contribution in [0.25, 0.3) is 6.08 Å². The summed E-state index contributed by atoms with van der Waals surface area (Å²) in [5.74, 6) is -1.39. The van der Waals surface area contributed by atoms with E-state index in [1.54, 1.807) is 0 Å². The maximum absolute atomic E-state index is 12.0.